The Balaban J connectivity index is 0.00000385. The fourth-order valence-electron chi connectivity index (χ4n) is 3.57. The number of pyridine rings is 1. The average molecular weight is 457 g/mol. The Morgan fingerprint density at radius 1 is 0.939 bits per heavy atom. The van der Waals surface area contributed by atoms with Gasteiger partial charge in [-0.15, -0.1) is 0 Å². The van der Waals surface area contributed by atoms with Gasteiger partial charge in [-0.25, -0.2) is 0 Å². The maximum absolute atomic E-state index is 11.7. The van der Waals surface area contributed by atoms with Crippen LogP contribution in [0.5, 0.6) is 23.0 Å². The van der Waals surface area contributed by atoms with Gasteiger partial charge in [0.25, 0.3) is 0 Å². The van der Waals surface area contributed by atoms with Gasteiger partial charge in [0.2, 0.25) is 5.75 Å². The summed E-state index contributed by atoms with van der Waals surface area (Å²) in [5.74, 6) is 2.01. The predicted molar refractivity (Wildman–Crippen MR) is 129 cm³/mol. The number of nitrogens with zero attached hydrogens (tertiary/aromatic N) is 1. The Morgan fingerprint density at radius 3 is 2.21 bits per heavy atom. The van der Waals surface area contributed by atoms with Crippen molar-refractivity contribution in [3.63, 3.8) is 0 Å². The monoisotopic (exact) mass is 456 g/mol. The van der Waals surface area contributed by atoms with Crippen LogP contribution in [-0.2, 0) is 16.0 Å². The van der Waals surface area contributed by atoms with Crippen LogP contribution in [0.4, 0.5) is 5.69 Å². The van der Waals surface area contributed by atoms with Crippen molar-refractivity contribution in [3.05, 3.63) is 47.8 Å². The summed E-state index contributed by atoms with van der Waals surface area (Å²) in [4.78, 5) is 16.1. The number of fused-ring (bicyclic) bond motifs is 1. The molecule has 0 atom stereocenters. The molecular formula is C25H32N2O6. The molecule has 1 heterocycles. The van der Waals surface area contributed by atoms with Crippen LogP contribution in [-0.4, -0.2) is 52.5 Å². The summed E-state index contributed by atoms with van der Waals surface area (Å²) in [7, 11) is 6.12. The molecule has 2 aromatic carbocycles. The number of anilines is 1. The summed E-state index contributed by atoms with van der Waals surface area (Å²) in [6.07, 6.45) is 4.18. The molecule has 0 bridgehead atoms. The number of carbonyl (C=O) groups excluding carboxylic acids is 1. The maximum atomic E-state index is 11.7. The van der Waals surface area contributed by atoms with E-state index in [-0.39, 0.29) is 19.9 Å². The fraction of sp³-hybridized carbons (Fsp3) is 0.360. The molecule has 0 spiro atoms. The first-order valence-corrected chi connectivity index (χ1v) is 10.2. The fourth-order valence-corrected chi connectivity index (χ4v) is 3.57. The molecule has 0 fully saturated rings. The van der Waals surface area contributed by atoms with E-state index in [0.717, 1.165) is 21.9 Å². The molecule has 3 aromatic rings. The second-order valence-corrected chi connectivity index (χ2v) is 6.91. The van der Waals surface area contributed by atoms with Crippen molar-refractivity contribution in [1.29, 1.82) is 0 Å². The zero-order chi connectivity index (χ0) is 23.1. The molecule has 0 aliphatic carbocycles. The number of aromatic nitrogens is 1. The number of methoxy groups -OCH3 is 4. The summed E-state index contributed by atoms with van der Waals surface area (Å²) in [6, 6.07) is 7.74. The van der Waals surface area contributed by atoms with E-state index in [9.17, 15) is 4.79 Å². The zero-order valence-corrected chi connectivity index (χ0v) is 19.0. The smallest absolute Gasteiger partial charge is 0.325 e. The quantitative estimate of drug-likeness (QED) is 0.447. The number of benzene rings is 2. The Bertz CT molecular complexity index is 1070. The van der Waals surface area contributed by atoms with Crippen LogP contribution in [0.2, 0.25) is 0 Å². The minimum absolute atomic E-state index is 0. The van der Waals surface area contributed by atoms with Gasteiger partial charge < -0.3 is 29.0 Å². The van der Waals surface area contributed by atoms with Crippen molar-refractivity contribution < 1.29 is 28.5 Å². The average Bonchev–Trinajstić information content (AvgIpc) is 2.82. The zero-order valence-electron chi connectivity index (χ0n) is 19.0. The van der Waals surface area contributed by atoms with Gasteiger partial charge in [-0.1, -0.05) is 13.5 Å². The molecular weight excluding hydrogens is 424 g/mol. The van der Waals surface area contributed by atoms with Crippen LogP contribution in [0.25, 0.3) is 10.8 Å². The van der Waals surface area contributed by atoms with Gasteiger partial charge in [-0.3, -0.25) is 9.78 Å². The molecule has 0 saturated carbocycles. The molecule has 0 unspecified atom stereocenters. The van der Waals surface area contributed by atoms with Crippen molar-refractivity contribution in [2.45, 2.75) is 20.8 Å². The van der Waals surface area contributed by atoms with Crippen molar-refractivity contribution in [2.24, 2.45) is 0 Å². The topological polar surface area (TPSA) is 88.1 Å². The number of ether oxygens (including phenoxy) is 5. The van der Waals surface area contributed by atoms with E-state index < -0.39 is 0 Å². The summed E-state index contributed by atoms with van der Waals surface area (Å²) < 4.78 is 26.9. The molecule has 0 aliphatic heterocycles. The Hall–Kier alpha value is -3.68. The van der Waals surface area contributed by atoms with Gasteiger partial charge >= 0.3 is 5.97 Å². The highest BCUT2D eigenvalue weighted by molar-refractivity contribution is 5.99. The third-order valence-corrected chi connectivity index (χ3v) is 5.04. The standard InChI is InChI=1S/C24H28N2O6.CH4/c1-6-32-19-8-7-17-16(12-25-13-18(17)23(19)26-14-22(27)30-4)9-15-10-20(28-2)24(31-5)21(11-15)29-3;/h7-8,10-13,26H,6,9,14H2,1-5H3;1H4. The van der Waals surface area contributed by atoms with Crippen LogP contribution in [0.1, 0.15) is 25.5 Å². The first-order valence-electron chi connectivity index (χ1n) is 10.2. The van der Waals surface area contributed by atoms with Crippen LogP contribution >= 0.6 is 0 Å². The molecule has 178 valence electrons. The van der Waals surface area contributed by atoms with Gasteiger partial charge in [0.15, 0.2) is 11.5 Å². The summed E-state index contributed by atoms with van der Waals surface area (Å²) in [6.45, 7) is 2.43. The lowest BCUT2D eigenvalue weighted by Gasteiger charge is -2.17. The molecule has 1 N–H and O–H groups in total. The number of hydrogen-bond donors (Lipinski definition) is 1. The van der Waals surface area contributed by atoms with Crippen LogP contribution in [0, 0.1) is 0 Å². The van der Waals surface area contributed by atoms with Gasteiger partial charge in [-0.05, 0) is 48.1 Å². The number of nitrogens with one attached hydrogen (secondary N) is 1. The van der Waals surface area contributed by atoms with Crippen LogP contribution in [0.3, 0.4) is 0 Å². The summed E-state index contributed by atoms with van der Waals surface area (Å²) in [5, 5.41) is 4.98. The largest absolute Gasteiger partial charge is 0.493 e. The first kappa shape index (κ1) is 25.6. The Kier molecular flexibility index (Phi) is 9.15. The SMILES string of the molecule is C.CCOc1ccc2c(Cc3cc(OC)c(OC)c(OC)c3)cncc2c1NCC(=O)OC. The van der Waals surface area contributed by atoms with Crippen molar-refractivity contribution >= 4 is 22.4 Å². The molecule has 0 saturated heterocycles. The highest BCUT2D eigenvalue weighted by Gasteiger charge is 2.16. The molecule has 8 heteroatoms. The first-order chi connectivity index (χ1) is 15.6. The molecule has 0 amide bonds. The van der Waals surface area contributed by atoms with E-state index in [4.69, 9.17) is 23.7 Å². The summed E-state index contributed by atoms with van der Waals surface area (Å²) in [5.41, 5.74) is 2.68. The second kappa shape index (κ2) is 11.8. The van der Waals surface area contributed by atoms with Crippen LogP contribution in [0.15, 0.2) is 36.7 Å². The van der Waals surface area contributed by atoms with E-state index in [2.05, 4.69) is 10.3 Å². The molecule has 3 rings (SSSR count). The second-order valence-electron chi connectivity index (χ2n) is 6.91. The van der Waals surface area contributed by atoms with Crippen molar-refractivity contribution in [3.8, 4) is 23.0 Å². The Labute approximate surface area is 194 Å². The predicted octanol–water partition coefficient (Wildman–Crippen LogP) is 4.47. The lowest BCUT2D eigenvalue weighted by atomic mass is 9.99. The normalized spacial score (nSPS) is 10.2. The molecule has 0 radical (unpaired) electrons. The number of carbonyl (C=O) groups is 1. The van der Waals surface area contributed by atoms with Gasteiger partial charge in [0.1, 0.15) is 12.3 Å². The minimum Gasteiger partial charge on any atom is -0.493 e. The third-order valence-electron chi connectivity index (χ3n) is 5.04. The summed E-state index contributed by atoms with van der Waals surface area (Å²) >= 11 is 0. The number of hydrogen-bond acceptors (Lipinski definition) is 8. The number of rotatable bonds is 10. The van der Waals surface area contributed by atoms with E-state index in [1.54, 1.807) is 27.5 Å². The van der Waals surface area contributed by atoms with Gasteiger partial charge in [0.05, 0.1) is 40.7 Å². The van der Waals surface area contributed by atoms with Crippen LogP contribution < -0.4 is 24.3 Å². The Morgan fingerprint density at radius 2 is 1.64 bits per heavy atom. The van der Waals surface area contributed by atoms with E-state index in [1.807, 2.05) is 37.4 Å². The molecule has 33 heavy (non-hydrogen) atoms. The van der Waals surface area contributed by atoms with Gasteiger partial charge in [0, 0.05) is 17.8 Å². The minimum atomic E-state index is -0.369. The third kappa shape index (κ3) is 5.58. The van der Waals surface area contributed by atoms with E-state index in [0.29, 0.717) is 41.7 Å². The van der Waals surface area contributed by atoms with Crippen molar-refractivity contribution in [1.82, 2.24) is 4.98 Å². The number of esters is 1. The highest BCUT2D eigenvalue weighted by atomic mass is 16.5. The van der Waals surface area contributed by atoms with Crippen molar-refractivity contribution in [2.75, 3.05) is 46.9 Å². The molecule has 8 nitrogen and oxygen atoms in total. The molecule has 0 aliphatic rings. The van der Waals surface area contributed by atoms with Gasteiger partial charge in [-0.2, -0.15) is 0 Å². The lowest BCUT2D eigenvalue weighted by molar-refractivity contribution is -0.138. The maximum Gasteiger partial charge on any atom is 0.325 e. The highest BCUT2D eigenvalue weighted by Crippen LogP contribution is 2.40. The molecule has 1 aromatic heterocycles. The lowest BCUT2D eigenvalue weighted by Crippen LogP contribution is -2.16. The van der Waals surface area contributed by atoms with E-state index in [1.165, 1.54) is 7.11 Å². The van der Waals surface area contributed by atoms with E-state index >= 15 is 0 Å².